The molecule has 1 saturated heterocycles. The lowest BCUT2D eigenvalue weighted by molar-refractivity contribution is -0.134. The maximum absolute atomic E-state index is 12.7. The first kappa shape index (κ1) is 20.9. The van der Waals surface area contributed by atoms with Gasteiger partial charge in [-0.3, -0.25) is 14.5 Å². The Morgan fingerprint density at radius 2 is 2.00 bits per heavy atom. The van der Waals surface area contributed by atoms with Gasteiger partial charge in [-0.05, 0) is 49.6 Å². The number of hydrogen-bond donors (Lipinski definition) is 1. The van der Waals surface area contributed by atoms with E-state index in [4.69, 9.17) is 4.74 Å². The number of carbonyl (C=O) groups excluding carboxylic acids is 2. The second-order valence-electron chi connectivity index (χ2n) is 7.52. The third kappa shape index (κ3) is 5.35. The molecule has 0 spiro atoms. The van der Waals surface area contributed by atoms with Gasteiger partial charge in [0.05, 0.1) is 20.2 Å². The van der Waals surface area contributed by atoms with Crippen LogP contribution in [0.3, 0.4) is 0 Å². The second-order valence-corrected chi connectivity index (χ2v) is 7.52. The lowest BCUT2D eigenvalue weighted by Crippen LogP contribution is -2.41. The summed E-state index contributed by atoms with van der Waals surface area (Å²) in [4.78, 5) is 28.8. The summed E-state index contributed by atoms with van der Waals surface area (Å²) >= 11 is 0. The molecule has 6 heteroatoms. The van der Waals surface area contributed by atoms with Gasteiger partial charge in [-0.1, -0.05) is 30.3 Å². The predicted molar refractivity (Wildman–Crippen MR) is 114 cm³/mol. The highest BCUT2D eigenvalue weighted by atomic mass is 16.5. The van der Waals surface area contributed by atoms with E-state index in [1.165, 1.54) is 16.0 Å². The first-order chi connectivity index (χ1) is 14.0. The van der Waals surface area contributed by atoms with Crippen molar-refractivity contribution in [3.63, 3.8) is 0 Å². The number of ether oxygens (including phenoxy) is 1. The van der Waals surface area contributed by atoms with E-state index in [0.717, 1.165) is 19.4 Å². The van der Waals surface area contributed by atoms with E-state index in [-0.39, 0.29) is 24.4 Å². The summed E-state index contributed by atoms with van der Waals surface area (Å²) in [5.41, 5.74) is 3.19. The third-order valence-electron chi connectivity index (χ3n) is 5.41. The third-order valence-corrected chi connectivity index (χ3v) is 5.41. The second kappa shape index (κ2) is 9.56. The smallest absolute Gasteiger partial charge is 0.243 e. The van der Waals surface area contributed by atoms with Crippen molar-refractivity contribution in [3.05, 3.63) is 59.7 Å². The molecule has 1 fully saturated rings. The van der Waals surface area contributed by atoms with Crippen LogP contribution < -0.4 is 10.1 Å². The fraction of sp³-hybridized carbons (Fsp3) is 0.391. The molecule has 0 radical (unpaired) electrons. The van der Waals surface area contributed by atoms with Crippen LogP contribution in [0.4, 0.5) is 5.69 Å². The van der Waals surface area contributed by atoms with E-state index in [2.05, 4.69) is 35.3 Å². The first-order valence-corrected chi connectivity index (χ1v) is 9.95. The maximum atomic E-state index is 12.7. The molecule has 29 heavy (non-hydrogen) atoms. The lowest BCUT2D eigenvalue weighted by atomic mass is 9.99. The number of benzene rings is 2. The van der Waals surface area contributed by atoms with Crippen molar-refractivity contribution < 1.29 is 14.3 Å². The largest absolute Gasteiger partial charge is 0.497 e. The summed E-state index contributed by atoms with van der Waals surface area (Å²) < 4.78 is 5.16. The Morgan fingerprint density at radius 3 is 2.76 bits per heavy atom. The number of anilines is 1. The molecule has 3 rings (SSSR count). The Labute approximate surface area is 172 Å². The van der Waals surface area contributed by atoms with Crippen molar-refractivity contribution in [1.82, 2.24) is 9.80 Å². The fourth-order valence-corrected chi connectivity index (χ4v) is 3.83. The molecular formula is C23H29N3O3. The summed E-state index contributed by atoms with van der Waals surface area (Å²) in [6.45, 7) is 3.35. The average molecular weight is 396 g/mol. The zero-order chi connectivity index (χ0) is 20.8. The predicted octanol–water partition coefficient (Wildman–Crippen LogP) is 3.24. The van der Waals surface area contributed by atoms with Gasteiger partial charge in [-0.2, -0.15) is 0 Å². The zero-order valence-corrected chi connectivity index (χ0v) is 17.4. The van der Waals surface area contributed by atoms with Gasteiger partial charge in [0.15, 0.2) is 0 Å². The molecule has 1 unspecified atom stereocenters. The van der Waals surface area contributed by atoms with Gasteiger partial charge >= 0.3 is 0 Å². The SMILES string of the molecule is COc1cccc(NC(=O)CN(C)C(=O)CN2CCCC2c2ccccc2C)c1. The summed E-state index contributed by atoms with van der Waals surface area (Å²) in [7, 11) is 3.25. The molecule has 1 heterocycles. The molecule has 1 N–H and O–H groups in total. The molecule has 2 amide bonds. The van der Waals surface area contributed by atoms with Crippen molar-refractivity contribution in [2.45, 2.75) is 25.8 Å². The van der Waals surface area contributed by atoms with E-state index >= 15 is 0 Å². The fourth-order valence-electron chi connectivity index (χ4n) is 3.83. The van der Waals surface area contributed by atoms with E-state index in [0.29, 0.717) is 18.0 Å². The van der Waals surface area contributed by atoms with Crippen LogP contribution in [0, 0.1) is 6.92 Å². The van der Waals surface area contributed by atoms with Crippen LogP contribution in [0.15, 0.2) is 48.5 Å². The Bertz CT molecular complexity index is 868. The number of hydrogen-bond acceptors (Lipinski definition) is 4. The maximum Gasteiger partial charge on any atom is 0.243 e. The Morgan fingerprint density at radius 1 is 1.21 bits per heavy atom. The number of carbonyl (C=O) groups is 2. The van der Waals surface area contributed by atoms with Gasteiger partial charge in [-0.15, -0.1) is 0 Å². The minimum Gasteiger partial charge on any atom is -0.497 e. The molecule has 154 valence electrons. The number of rotatable bonds is 7. The Hall–Kier alpha value is -2.86. The molecule has 6 nitrogen and oxygen atoms in total. The number of nitrogens with one attached hydrogen (secondary N) is 1. The molecule has 0 aliphatic carbocycles. The molecular weight excluding hydrogens is 366 g/mol. The number of nitrogens with zero attached hydrogens (tertiary/aromatic N) is 2. The number of aryl methyl sites for hydroxylation is 1. The lowest BCUT2D eigenvalue weighted by Gasteiger charge is -2.27. The molecule has 0 aromatic heterocycles. The van der Waals surface area contributed by atoms with Gasteiger partial charge in [0, 0.05) is 24.8 Å². The monoisotopic (exact) mass is 395 g/mol. The summed E-state index contributed by atoms with van der Waals surface area (Å²) in [6.07, 6.45) is 2.13. The average Bonchev–Trinajstić information content (AvgIpc) is 3.16. The molecule has 1 atom stereocenters. The van der Waals surface area contributed by atoms with Crippen molar-refractivity contribution in [3.8, 4) is 5.75 Å². The number of likely N-dealkylation sites (N-methyl/N-ethyl adjacent to an activating group) is 1. The quantitative estimate of drug-likeness (QED) is 0.782. The van der Waals surface area contributed by atoms with Crippen LogP contribution in [0.1, 0.15) is 30.0 Å². The molecule has 2 aromatic rings. The first-order valence-electron chi connectivity index (χ1n) is 9.95. The molecule has 0 bridgehead atoms. The topological polar surface area (TPSA) is 61.9 Å². The van der Waals surface area contributed by atoms with Crippen molar-refractivity contribution in [1.29, 1.82) is 0 Å². The van der Waals surface area contributed by atoms with Gasteiger partial charge < -0.3 is 15.0 Å². The van der Waals surface area contributed by atoms with Gasteiger partial charge in [-0.25, -0.2) is 0 Å². The van der Waals surface area contributed by atoms with Crippen LogP contribution in [0.2, 0.25) is 0 Å². The minimum atomic E-state index is -0.231. The van der Waals surface area contributed by atoms with Crippen LogP contribution in [0.25, 0.3) is 0 Å². The van der Waals surface area contributed by atoms with Crippen molar-refractivity contribution >= 4 is 17.5 Å². The van der Waals surface area contributed by atoms with Crippen molar-refractivity contribution in [2.75, 3.05) is 39.1 Å². The summed E-state index contributed by atoms with van der Waals surface area (Å²) in [5.74, 6) is 0.390. The van der Waals surface area contributed by atoms with Crippen LogP contribution in [0.5, 0.6) is 5.75 Å². The van der Waals surface area contributed by atoms with E-state index in [1.807, 2.05) is 18.2 Å². The van der Waals surface area contributed by atoms with E-state index in [1.54, 1.807) is 26.3 Å². The molecule has 1 aliphatic rings. The highest BCUT2D eigenvalue weighted by Crippen LogP contribution is 2.33. The number of likely N-dealkylation sites (tertiary alicyclic amines) is 1. The standard InChI is InChI=1S/C23H29N3O3/c1-17-8-4-5-11-20(17)21-12-7-13-26(21)16-23(28)25(2)15-22(27)24-18-9-6-10-19(14-18)29-3/h4-6,8-11,14,21H,7,12-13,15-16H2,1-3H3,(H,24,27). The van der Waals surface area contributed by atoms with Crippen molar-refractivity contribution in [2.24, 2.45) is 0 Å². The summed E-state index contributed by atoms with van der Waals surface area (Å²) in [5, 5.41) is 2.81. The van der Waals surface area contributed by atoms with Gasteiger partial charge in [0.25, 0.3) is 0 Å². The Kier molecular flexibility index (Phi) is 6.88. The van der Waals surface area contributed by atoms with Crippen LogP contribution in [-0.4, -0.2) is 55.4 Å². The highest BCUT2D eigenvalue weighted by molar-refractivity contribution is 5.94. The molecule has 0 saturated carbocycles. The minimum absolute atomic E-state index is 0.0128. The van der Waals surface area contributed by atoms with Crippen LogP contribution >= 0.6 is 0 Å². The van der Waals surface area contributed by atoms with Gasteiger partial charge in [0.2, 0.25) is 11.8 Å². The highest BCUT2D eigenvalue weighted by Gasteiger charge is 2.29. The van der Waals surface area contributed by atoms with E-state index < -0.39 is 0 Å². The number of amides is 2. The van der Waals surface area contributed by atoms with Gasteiger partial charge in [0.1, 0.15) is 5.75 Å². The normalized spacial score (nSPS) is 16.4. The van der Waals surface area contributed by atoms with Crippen LogP contribution in [-0.2, 0) is 9.59 Å². The summed E-state index contributed by atoms with van der Waals surface area (Å²) in [6, 6.07) is 15.8. The Balaban J connectivity index is 1.55. The zero-order valence-electron chi connectivity index (χ0n) is 17.4. The molecule has 2 aromatic carbocycles. The molecule has 1 aliphatic heterocycles. The van der Waals surface area contributed by atoms with E-state index in [9.17, 15) is 9.59 Å². The number of methoxy groups -OCH3 is 1.